The maximum Gasteiger partial charge on any atom is 0.348 e. The zero-order valence-electron chi connectivity index (χ0n) is 12.6. The molecule has 0 aliphatic rings. The summed E-state index contributed by atoms with van der Waals surface area (Å²) < 4.78 is 6.50. The van der Waals surface area contributed by atoms with Gasteiger partial charge in [-0.1, -0.05) is 48.5 Å². The number of hydrogen-bond donors (Lipinski definition) is 0. The molecule has 4 aromatic rings. The van der Waals surface area contributed by atoms with Crippen molar-refractivity contribution in [2.75, 3.05) is 0 Å². The molecule has 0 aliphatic carbocycles. The van der Waals surface area contributed by atoms with Gasteiger partial charge < -0.3 is 4.74 Å². The predicted molar refractivity (Wildman–Crippen MR) is 98.5 cm³/mol. The molecule has 0 radical (unpaired) electrons. The van der Waals surface area contributed by atoms with Gasteiger partial charge in [0.05, 0.1) is 5.69 Å². The molecule has 118 valence electrons. The second kappa shape index (κ2) is 6.55. The van der Waals surface area contributed by atoms with Crippen molar-refractivity contribution in [3.05, 3.63) is 76.6 Å². The molecule has 0 amide bonds. The zero-order valence-corrected chi connectivity index (χ0v) is 14.3. The summed E-state index contributed by atoms with van der Waals surface area (Å²) in [4.78, 5) is 17.4. The molecule has 24 heavy (non-hydrogen) atoms. The van der Waals surface area contributed by atoms with Crippen LogP contribution in [0.4, 0.5) is 0 Å². The number of fused-ring (bicyclic) bond motifs is 1. The Bertz CT molecular complexity index is 956. The number of thiazole rings is 1. The van der Waals surface area contributed by atoms with Gasteiger partial charge in [0.15, 0.2) is 0 Å². The number of esters is 1. The minimum absolute atomic E-state index is 0.191. The summed E-state index contributed by atoms with van der Waals surface area (Å²) in [6, 6.07) is 19.8. The molecular formula is C19H13NO2S2. The molecule has 0 N–H and O–H groups in total. The van der Waals surface area contributed by atoms with Gasteiger partial charge in [0, 0.05) is 15.6 Å². The summed E-state index contributed by atoms with van der Waals surface area (Å²) in [5.74, 6) is -0.300. The van der Waals surface area contributed by atoms with Crippen LogP contribution in [0.1, 0.15) is 15.4 Å². The average Bonchev–Trinajstić information content (AvgIpc) is 3.27. The Morgan fingerprint density at radius 1 is 1.04 bits per heavy atom. The van der Waals surface area contributed by atoms with Crippen LogP contribution in [-0.4, -0.2) is 11.0 Å². The van der Waals surface area contributed by atoms with Crippen molar-refractivity contribution < 1.29 is 9.53 Å². The minimum atomic E-state index is -0.300. The van der Waals surface area contributed by atoms with Gasteiger partial charge in [0.2, 0.25) is 0 Å². The number of hydrogen-bond acceptors (Lipinski definition) is 5. The SMILES string of the molecule is O=C(OCc1csc(-c2ccccc2)n1)c1cc2ccccc2s1. The standard InChI is InChI=1S/C19H13NO2S2/c21-19(17-10-14-8-4-5-9-16(14)24-17)22-11-15-12-23-18(20-15)13-6-2-1-3-7-13/h1-10,12H,11H2. The van der Waals surface area contributed by atoms with E-state index in [1.54, 1.807) is 11.3 Å². The summed E-state index contributed by atoms with van der Waals surface area (Å²) in [5.41, 5.74) is 1.85. The Balaban J connectivity index is 1.45. The summed E-state index contributed by atoms with van der Waals surface area (Å²) in [7, 11) is 0. The monoisotopic (exact) mass is 351 g/mol. The largest absolute Gasteiger partial charge is 0.455 e. The van der Waals surface area contributed by atoms with E-state index in [-0.39, 0.29) is 12.6 Å². The Labute approximate surface area is 147 Å². The fraction of sp³-hybridized carbons (Fsp3) is 0.0526. The minimum Gasteiger partial charge on any atom is -0.455 e. The molecule has 2 heterocycles. The highest BCUT2D eigenvalue weighted by atomic mass is 32.1. The highest BCUT2D eigenvalue weighted by Gasteiger charge is 2.13. The van der Waals surface area contributed by atoms with Crippen LogP contribution < -0.4 is 0 Å². The first-order valence-corrected chi connectivity index (χ1v) is 9.15. The topological polar surface area (TPSA) is 39.2 Å². The van der Waals surface area contributed by atoms with Crippen molar-refractivity contribution in [3.63, 3.8) is 0 Å². The van der Waals surface area contributed by atoms with E-state index < -0.39 is 0 Å². The number of nitrogens with zero attached hydrogens (tertiary/aromatic N) is 1. The summed E-state index contributed by atoms with van der Waals surface area (Å²) in [6.45, 7) is 0.191. The zero-order chi connectivity index (χ0) is 16.4. The van der Waals surface area contributed by atoms with Crippen LogP contribution in [0.25, 0.3) is 20.7 Å². The smallest absolute Gasteiger partial charge is 0.348 e. The lowest BCUT2D eigenvalue weighted by molar-refractivity contribution is 0.0474. The number of carbonyl (C=O) groups is 1. The average molecular weight is 351 g/mol. The molecule has 0 bridgehead atoms. The van der Waals surface area contributed by atoms with Crippen molar-refractivity contribution in [1.82, 2.24) is 4.98 Å². The molecule has 0 saturated heterocycles. The molecule has 0 saturated carbocycles. The van der Waals surface area contributed by atoms with Gasteiger partial charge in [-0.05, 0) is 17.5 Å². The molecule has 5 heteroatoms. The molecule has 3 nitrogen and oxygen atoms in total. The Hall–Kier alpha value is -2.50. The quantitative estimate of drug-likeness (QED) is 0.463. The van der Waals surface area contributed by atoms with E-state index in [4.69, 9.17) is 4.74 Å². The Morgan fingerprint density at radius 2 is 1.83 bits per heavy atom. The van der Waals surface area contributed by atoms with E-state index in [9.17, 15) is 4.79 Å². The third kappa shape index (κ3) is 3.09. The molecule has 2 aromatic carbocycles. The van der Waals surface area contributed by atoms with Crippen LogP contribution >= 0.6 is 22.7 Å². The van der Waals surface area contributed by atoms with Gasteiger partial charge in [-0.15, -0.1) is 22.7 Å². The van der Waals surface area contributed by atoms with Crippen LogP contribution in [0.3, 0.4) is 0 Å². The molecule has 0 fully saturated rings. The number of carbonyl (C=O) groups excluding carboxylic acids is 1. The second-order valence-corrected chi connectivity index (χ2v) is 7.18. The number of aromatic nitrogens is 1. The molecule has 2 aromatic heterocycles. The molecule has 0 spiro atoms. The van der Waals surface area contributed by atoms with Gasteiger partial charge in [0.1, 0.15) is 16.5 Å². The van der Waals surface area contributed by atoms with E-state index in [1.165, 1.54) is 11.3 Å². The summed E-state index contributed by atoms with van der Waals surface area (Å²) in [6.07, 6.45) is 0. The van der Waals surface area contributed by atoms with Crippen LogP contribution in [0.2, 0.25) is 0 Å². The van der Waals surface area contributed by atoms with Gasteiger partial charge >= 0.3 is 5.97 Å². The summed E-state index contributed by atoms with van der Waals surface area (Å²) in [5, 5.41) is 3.93. The fourth-order valence-electron chi connectivity index (χ4n) is 2.38. The lowest BCUT2D eigenvalue weighted by Gasteiger charge is -2.00. The molecule has 4 rings (SSSR count). The third-order valence-electron chi connectivity index (χ3n) is 3.55. The van der Waals surface area contributed by atoms with Crippen molar-refractivity contribution >= 4 is 38.7 Å². The predicted octanol–water partition coefficient (Wildman–Crippen LogP) is 5.38. The van der Waals surface area contributed by atoms with Crippen molar-refractivity contribution in [2.24, 2.45) is 0 Å². The van der Waals surface area contributed by atoms with E-state index >= 15 is 0 Å². The Morgan fingerprint density at radius 3 is 2.67 bits per heavy atom. The highest BCUT2D eigenvalue weighted by Crippen LogP contribution is 2.27. The molecule has 0 unspecified atom stereocenters. The van der Waals surface area contributed by atoms with Crippen molar-refractivity contribution in [1.29, 1.82) is 0 Å². The lowest BCUT2D eigenvalue weighted by atomic mass is 10.2. The molecular weight excluding hydrogens is 338 g/mol. The van der Waals surface area contributed by atoms with E-state index in [2.05, 4.69) is 4.98 Å². The number of ether oxygens (including phenoxy) is 1. The van der Waals surface area contributed by atoms with E-state index in [0.29, 0.717) is 4.88 Å². The number of rotatable bonds is 4. The van der Waals surface area contributed by atoms with E-state index in [1.807, 2.05) is 66.0 Å². The van der Waals surface area contributed by atoms with Crippen molar-refractivity contribution in [2.45, 2.75) is 6.61 Å². The van der Waals surface area contributed by atoms with Crippen LogP contribution in [-0.2, 0) is 11.3 Å². The van der Waals surface area contributed by atoms with Gasteiger partial charge in [0.25, 0.3) is 0 Å². The highest BCUT2D eigenvalue weighted by molar-refractivity contribution is 7.20. The second-order valence-electron chi connectivity index (χ2n) is 5.23. The first kappa shape index (κ1) is 15.1. The maximum atomic E-state index is 12.2. The fourth-order valence-corrected chi connectivity index (χ4v) is 4.15. The lowest BCUT2D eigenvalue weighted by Crippen LogP contribution is -2.03. The third-order valence-corrected chi connectivity index (χ3v) is 5.59. The van der Waals surface area contributed by atoms with Crippen LogP contribution in [0.5, 0.6) is 0 Å². The normalized spacial score (nSPS) is 10.8. The van der Waals surface area contributed by atoms with Crippen LogP contribution in [0.15, 0.2) is 66.0 Å². The molecule has 0 aliphatic heterocycles. The van der Waals surface area contributed by atoms with Crippen molar-refractivity contribution in [3.8, 4) is 10.6 Å². The summed E-state index contributed by atoms with van der Waals surface area (Å²) >= 11 is 3.00. The van der Waals surface area contributed by atoms with E-state index in [0.717, 1.165) is 26.4 Å². The Kier molecular flexibility index (Phi) is 4.11. The van der Waals surface area contributed by atoms with Crippen LogP contribution in [0, 0.1) is 0 Å². The van der Waals surface area contributed by atoms with Gasteiger partial charge in [-0.25, -0.2) is 9.78 Å². The van der Waals surface area contributed by atoms with Gasteiger partial charge in [-0.2, -0.15) is 0 Å². The maximum absolute atomic E-state index is 12.2. The number of thiophene rings is 1. The first-order chi connectivity index (χ1) is 11.8. The first-order valence-electron chi connectivity index (χ1n) is 7.45. The number of benzene rings is 2. The molecule has 0 atom stereocenters. The van der Waals surface area contributed by atoms with Gasteiger partial charge in [-0.3, -0.25) is 0 Å².